The molecule has 1 fully saturated rings. The number of ether oxygens (including phenoxy) is 1. The average Bonchev–Trinajstić information content (AvgIpc) is 2.78. The number of furan rings is 1. The van der Waals surface area contributed by atoms with Crippen LogP contribution in [0.1, 0.15) is 5.76 Å². The van der Waals surface area contributed by atoms with Gasteiger partial charge in [-0.25, -0.2) is 0 Å². The van der Waals surface area contributed by atoms with E-state index in [0.717, 1.165) is 19.0 Å². The first-order chi connectivity index (χ1) is 7.31. The smallest absolute Gasteiger partial charge is 0.206 e. The summed E-state index contributed by atoms with van der Waals surface area (Å²) in [4.78, 5) is 2.05. The number of nitrogens with zero attached hydrogens (tertiary/aromatic N) is 2. The molecular formula is C9H13N3O3. The number of rotatable bonds is 2. The first-order valence-corrected chi connectivity index (χ1v) is 4.71. The van der Waals surface area contributed by atoms with Crippen LogP contribution in [0.5, 0.6) is 0 Å². The van der Waals surface area contributed by atoms with Gasteiger partial charge in [-0.3, -0.25) is 0 Å². The Kier molecular flexibility index (Phi) is 2.77. The monoisotopic (exact) mass is 211 g/mol. The van der Waals surface area contributed by atoms with Gasteiger partial charge in [0.05, 0.1) is 13.2 Å². The highest BCUT2D eigenvalue weighted by atomic mass is 16.5. The first kappa shape index (κ1) is 9.85. The van der Waals surface area contributed by atoms with Gasteiger partial charge in [0, 0.05) is 19.2 Å². The largest absolute Gasteiger partial charge is 0.437 e. The van der Waals surface area contributed by atoms with E-state index >= 15 is 0 Å². The zero-order valence-corrected chi connectivity index (χ0v) is 8.22. The van der Waals surface area contributed by atoms with Gasteiger partial charge < -0.3 is 25.0 Å². The molecule has 0 aliphatic carbocycles. The Hall–Kier alpha value is -1.69. The molecule has 6 nitrogen and oxygen atoms in total. The fourth-order valence-electron chi connectivity index (χ4n) is 1.47. The number of morpholine rings is 1. The second-order valence-electron chi connectivity index (χ2n) is 3.22. The lowest BCUT2D eigenvalue weighted by Crippen LogP contribution is -2.35. The van der Waals surface area contributed by atoms with E-state index < -0.39 is 0 Å². The van der Waals surface area contributed by atoms with E-state index in [-0.39, 0.29) is 5.84 Å². The van der Waals surface area contributed by atoms with Crippen molar-refractivity contribution in [1.82, 2.24) is 0 Å². The molecule has 0 radical (unpaired) electrons. The highest BCUT2D eigenvalue weighted by Gasteiger charge is 2.15. The van der Waals surface area contributed by atoms with Gasteiger partial charge in [0.1, 0.15) is 0 Å². The maximum Gasteiger partial charge on any atom is 0.206 e. The minimum Gasteiger partial charge on any atom is -0.437 e. The molecule has 0 bridgehead atoms. The molecule has 0 spiro atoms. The Morgan fingerprint density at radius 3 is 2.80 bits per heavy atom. The zero-order valence-electron chi connectivity index (χ0n) is 8.22. The van der Waals surface area contributed by atoms with Crippen molar-refractivity contribution in [2.45, 2.75) is 0 Å². The molecule has 1 aliphatic heterocycles. The predicted octanol–water partition coefficient (Wildman–Crippen LogP) is 0.211. The van der Waals surface area contributed by atoms with E-state index in [1.54, 1.807) is 12.1 Å². The maximum atomic E-state index is 8.48. The average molecular weight is 211 g/mol. The van der Waals surface area contributed by atoms with Gasteiger partial charge in [0.15, 0.2) is 11.6 Å². The molecule has 0 amide bonds. The molecule has 6 heteroatoms. The molecule has 2 rings (SSSR count). The summed E-state index contributed by atoms with van der Waals surface area (Å²) in [5.74, 6) is 1.08. The predicted molar refractivity (Wildman–Crippen MR) is 54.3 cm³/mol. The summed E-state index contributed by atoms with van der Waals surface area (Å²) < 4.78 is 10.7. The minimum atomic E-state index is -0.0190. The quantitative estimate of drug-likeness (QED) is 0.316. The minimum absolute atomic E-state index is 0.0190. The summed E-state index contributed by atoms with van der Waals surface area (Å²) in [5, 5.41) is 11.4. The van der Waals surface area contributed by atoms with Crippen LogP contribution >= 0.6 is 0 Å². The van der Waals surface area contributed by atoms with E-state index in [0.29, 0.717) is 19.0 Å². The van der Waals surface area contributed by atoms with Crippen LogP contribution in [0.4, 0.5) is 5.88 Å². The molecule has 82 valence electrons. The van der Waals surface area contributed by atoms with Gasteiger partial charge in [0.2, 0.25) is 5.84 Å². The third-order valence-corrected chi connectivity index (χ3v) is 2.27. The zero-order chi connectivity index (χ0) is 10.7. The molecule has 1 aromatic rings. The Morgan fingerprint density at radius 1 is 1.40 bits per heavy atom. The van der Waals surface area contributed by atoms with E-state index in [4.69, 9.17) is 20.1 Å². The van der Waals surface area contributed by atoms with Gasteiger partial charge in [-0.1, -0.05) is 5.16 Å². The standard InChI is InChI=1S/C9H13N3O3/c10-9(11-13)7-1-2-8(15-7)12-3-5-14-6-4-12/h1-2,13H,3-6H2,(H2,10,11). The molecule has 0 aromatic carbocycles. The van der Waals surface area contributed by atoms with Crippen molar-refractivity contribution in [3.63, 3.8) is 0 Å². The molecule has 0 saturated carbocycles. The Morgan fingerprint density at radius 2 is 2.13 bits per heavy atom. The summed E-state index contributed by atoms with van der Waals surface area (Å²) in [6, 6.07) is 3.48. The number of amidine groups is 1. The van der Waals surface area contributed by atoms with E-state index in [1.807, 2.05) is 0 Å². The van der Waals surface area contributed by atoms with Crippen LogP contribution in [0.2, 0.25) is 0 Å². The van der Waals surface area contributed by atoms with Crippen molar-refractivity contribution in [3.05, 3.63) is 17.9 Å². The SMILES string of the molecule is N/C(=N\O)c1ccc(N2CCOCC2)o1. The van der Waals surface area contributed by atoms with E-state index in [2.05, 4.69) is 10.1 Å². The molecular weight excluding hydrogens is 198 g/mol. The fraction of sp³-hybridized carbons (Fsp3) is 0.444. The second kappa shape index (κ2) is 4.22. The maximum absolute atomic E-state index is 8.48. The van der Waals surface area contributed by atoms with Crippen molar-refractivity contribution >= 4 is 11.7 Å². The normalized spacial score (nSPS) is 18.1. The third kappa shape index (κ3) is 2.04. The highest BCUT2D eigenvalue weighted by molar-refractivity contribution is 5.94. The van der Waals surface area contributed by atoms with Crippen molar-refractivity contribution in [2.75, 3.05) is 31.2 Å². The van der Waals surface area contributed by atoms with Crippen LogP contribution in [-0.4, -0.2) is 37.3 Å². The first-order valence-electron chi connectivity index (χ1n) is 4.71. The molecule has 1 saturated heterocycles. The summed E-state index contributed by atoms with van der Waals surface area (Å²) >= 11 is 0. The molecule has 1 aliphatic rings. The lowest BCUT2D eigenvalue weighted by molar-refractivity contribution is 0.120. The lowest BCUT2D eigenvalue weighted by atomic mass is 10.4. The van der Waals surface area contributed by atoms with Gasteiger partial charge in [0.25, 0.3) is 0 Å². The summed E-state index contributed by atoms with van der Waals surface area (Å²) in [6.07, 6.45) is 0. The molecule has 0 unspecified atom stereocenters. The van der Waals surface area contributed by atoms with Gasteiger partial charge in [-0.15, -0.1) is 0 Å². The number of nitrogens with two attached hydrogens (primary N) is 1. The Bertz CT molecular complexity index is 355. The van der Waals surface area contributed by atoms with Crippen molar-refractivity contribution in [3.8, 4) is 0 Å². The number of hydrogen-bond acceptors (Lipinski definition) is 5. The van der Waals surface area contributed by atoms with E-state index in [1.165, 1.54) is 0 Å². The Balaban J connectivity index is 2.12. The highest BCUT2D eigenvalue weighted by Crippen LogP contribution is 2.19. The van der Waals surface area contributed by atoms with Crippen LogP contribution < -0.4 is 10.6 Å². The molecule has 0 atom stereocenters. The van der Waals surface area contributed by atoms with Crippen LogP contribution in [0.25, 0.3) is 0 Å². The van der Waals surface area contributed by atoms with Crippen LogP contribution in [-0.2, 0) is 4.74 Å². The van der Waals surface area contributed by atoms with Crippen molar-refractivity contribution in [2.24, 2.45) is 10.9 Å². The Labute approximate surface area is 86.9 Å². The summed E-state index contributed by atoms with van der Waals surface area (Å²) in [7, 11) is 0. The number of oxime groups is 1. The molecule has 15 heavy (non-hydrogen) atoms. The molecule has 2 heterocycles. The van der Waals surface area contributed by atoms with Gasteiger partial charge in [-0.05, 0) is 6.07 Å². The summed E-state index contributed by atoms with van der Waals surface area (Å²) in [6.45, 7) is 2.98. The number of hydrogen-bond donors (Lipinski definition) is 2. The van der Waals surface area contributed by atoms with Crippen molar-refractivity contribution < 1.29 is 14.4 Å². The fourth-order valence-corrected chi connectivity index (χ4v) is 1.47. The van der Waals surface area contributed by atoms with Crippen LogP contribution in [0.15, 0.2) is 21.7 Å². The van der Waals surface area contributed by atoms with E-state index in [9.17, 15) is 0 Å². The second-order valence-corrected chi connectivity index (χ2v) is 3.22. The molecule has 1 aromatic heterocycles. The van der Waals surface area contributed by atoms with Crippen molar-refractivity contribution in [1.29, 1.82) is 0 Å². The lowest BCUT2D eigenvalue weighted by Gasteiger charge is -2.26. The topological polar surface area (TPSA) is 84.2 Å². The third-order valence-electron chi connectivity index (χ3n) is 2.27. The summed E-state index contributed by atoms with van der Waals surface area (Å²) in [5.41, 5.74) is 5.40. The van der Waals surface area contributed by atoms with Gasteiger partial charge >= 0.3 is 0 Å². The van der Waals surface area contributed by atoms with Crippen LogP contribution in [0, 0.1) is 0 Å². The number of anilines is 1. The van der Waals surface area contributed by atoms with Gasteiger partial charge in [-0.2, -0.15) is 0 Å². The molecule has 3 N–H and O–H groups in total. The van der Waals surface area contributed by atoms with Crippen LogP contribution in [0.3, 0.4) is 0 Å².